The molecule has 0 unspecified atom stereocenters. The minimum absolute atomic E-state index is 0.128. The highest BCUT2D eigenvalue weighted by atomic mass is 19.4. The second-order valence-electron chi connectivity index (χ2n) is 5.99. The Balaban J connectivity index is 2.84. The lowest BCUT2D eigenvalue weighted by Crippen LogP contribution is -2.62. The van der Waals surface area contributed by atoms with Crippen LogP contribution in [0, 0.1) is 11.3 Å². The number of nitrogens with two attached hydrogens (primary N) is 1. The Kier molecular flexibility index (Phi) is 3.74. The van der Waals surface area contributed by atoms with Crippen molar-refractivity contribution in [3.8, 4) is 0 Å². The number of likely N-dealkylation sites (tertiary alicyclic amines) is 1. The maximum absolute atomic E-state index is 12.7. The average Bonchev–Trinajstić information content (AvgIpc) is 2.59. The topological polar surface area (TPSA) is 46.3 Å². The first-order valence-electron chi connectivity index (χ1n) is 6.07. The fourth-order valence-electron chi connectivity index (χ4n) is 2.08. The quantitative estimate of drug-likeness (QED) is 0.832. The zero-order chi connectivity index (χ0) is 14.4. The molecule has 1 aliphatic rings. The molecule has 0 bridgehead atoms. The van der Waals surface area contributed by atoms with Gasteiger partial charge in [0.25, 0.3) is 5.91 Å². The molecule has 0 aromatic heterocycles. The summed E-state index contributed by atoms with van der Waals surface area (Å²) in [6, 6.07) is 0. The molecular formula is C12H21F3N2O. The van der Waals surface area contributed by atoms with Gasteiger partial charge in [-0.1, -0.05) is 20.8 Å². The Morgan fingerprint density at radius 2 is 1.89 bits per heavy atom. The average molecular weight is 266 g/mol. The molecule has 1 fully saturated rings. The maximum atomic E-state index is 12.7. The van der Waals surface area contributed by atoms with E-state index in [1.54, 1.807) is 0 Å². The van der Waals surface area contributed by atoms with Crippen LogP contribution < -0.4 is 5.73 Å². The van der Waals surface area contributed by atoms with Crippen LogP contribution >= 0.6 is 0 Å². The van der Waals surface area contributed by atoms with Crippen molar-refractivity contribution < 1.29 is 18.0 Å². The zero-order valence-corrected chi connectivity index (χ0v) is 11.3. The molecule has 2 N–H and O–H groups in total. The van der Waals surface area contributed by atoms with Gasteiger partial charge in [0.2, 0.25) is 0 Å². The second kappa shape index (κ2) is 4.40. The van der Waals surface area contributed by atoms with Crippen molar-refractivity contribution in [3.05, 3.63) is 0 Å². The van der Waals surface area contributed by atoms with E-state index in [1.165, 1.54) is 4.90 Å². The predicted molar refractivity (Wildman–Crippen MR) is 62.8 cm³/mol. The van der Waals surface area contributed by atoms with Gasteiger partial charge in [-0.15, -0.1) is 0 Å². The zero-order valence-electron chi connectivity index (χ0n) is 11.3. The molecule has 1 heterocycles. The third-order valence-corrected chi connectivity index (χ3v) is 4.22. The lowest BCUT2D eigenvalue weighted by molar-refractivity contribution is -0.193. The van der Waals surface area contributed by atoms with E-state index < -0.39 is 17.6 Å². The third-order valence-electron chi connectivity index (χ3n) is 4.22. The summed E-state index contributed by atoms with van der Waals surface area (Å²) in [6.45, 7) is 7.44. The van der Waals surface area contributed by atoms with Crippen LogP contribution in [0.1, 0.15) is 34.1 Å². The van der Waals surface area contributed by atoms with E-state index in [4.69, 9.17) is 5.73 Å². The molecule has 1 rings (SSSR count). The van der Waals surface area contributed by atoms with Crippen molar-refractivity contribution in [2.24, 2.45) is 17.1 Å². The fourth-order valence-corrected chi connectivity index (χ4v) is 2.08. The van der Waals surface area contributed by atoms with Crippen LogP contribution in [0.15, 0.2) is 0 Å². The van der Waals surface area contributed by atoms with Crippen molar-refractivity contribution in [3.63, 3.8) is 0 Å². The van der Waals surface area contributed by atoms with Crippen LogP contribution in [0.25, 0.3) is 0 Å². The van der Waals surface area contributed by atoms with Gasteiger partial charge in [-0.2, -0.15) is 13.2 Å². The summed E-state index contributed by atoms with van der Waals surface area (Å²) in [5, 5.41) is 0. The molecule has 0 aromatic rings. The Labute approximate surface area is 106 Å². The molecule has 1 saturated heterocycles. The first-order chi connectivity index (χ1) is 7.92. The maximum Gasteiger partial charge on any atom is 0.415 e. The number of rotatable bonds is 2. The van der Waals surface area contributed by atoms with Crippen LogP contribution in [0.4, 0.5) is 13.2 Å². The van der Waals surface area contributed by atoms with Gasteiger partial charge in [-0.25, -0.2) is 0 Å². The Bertz CT molecular complexity index is 339. The minimum atomic E-state index is -4.72. The van der Waals surface area contributed by atoms with Crippen molar-refractivity contribution in [1.82, 2.24) is 4.90 Å². The van der Waals surface area contributed by atoms with Crippen LogP contribution in [-0.2, 0) is 4.79 Å². The minimum Gasteiger partial charge on any atom is -0.340 e. The number of carbonyl (C=O) groups is 1. The smallest absolute Gasteiger partial charge is 0.340 e. The van der Waals surface area contributed by atoms with E-state index in [1.807, 2.05) is 20.8 Å². The lowest BCUT2D eigenvalue weighted by atomic mass is 9.78. The van der Waals surface area contributed by atoms with E-state index in [0.29, 0.717) is 25.4 Å². The summed E-state index contributed by atoms with van der Waals surface area (Å²) >= 11 is 0. The van der Waals surface area contributed by atoms with Crippen LogP contribution in [0.2, 0.25) is 0 Å². The fraction of sp³-hybridized carbons (Fsp3) is 0.917. The summed E-state index contributed by atoms with van der Waals surface area (Å²) < 4.78 is 38.1. The standard InChI is InChI=1S/C12H21F3N2O/c1-8(2)10(3)5-6-17(7-10)9(18)11(4,16)12(13,14)15/h8H,5-7,16H2,1-4H3/t10-,11-/m0/s1. The molecule has 18 heavy (non-hydrogen) atoms. The summed E-state index contributed by atoms with van der Waals surface area (Å²) in [7, 11) is 0. The van der Waals surface area contributed by atoms with Gasteiger partial charge < -0.3 is 10.6 Å². The largest absolute Gasteiger partial charge is 0.415 e. The molecule has 2 atom stereocenters. The Morgan fingerprint density at radius 3 is 2.22 bits per heavy atom. The summed E-state index contributed by atoms with van der Waals surface area (Å²) in [6.07, 6.45) is -4.01. The van der Waals surface area contributed by atoms with Gasteiger partial charge in [0.1, 0.15) is 0 Å². The molecule has 0 aromatic carbocycles. The van der Waals surface area contributed by atoms with E-state index >= 15 is 0 Å². The van der Waals surface area contributed by atoms with E-state index in [0.717, 1.165) is 6.92 Å². The first-order valence-corrected chi connectivity index (χ1v) is 6.07. The molecule has 1 amide bonds. The van der Waals surface area contributed by atoms with Crippen LogP contribution in [0.3, 0.4) is 0 Å². The number of halogens is 3. The number of hydrogen-bond donors (Lipinski definition) is 1. The highest BCUT2D eigenvalue weighted by Crippen LogP contribution is 2.39. The van der Waals surface area contributed by atoms with Gasteiger partial charge in [-0.05, 0) is 24.7 Å². The SMILES string of the molecule is CC(C)[C@@]1(C)CCN(C(=O)[C@](C)(N)C(F)(F)F)C1. The normalized spacial score (nSPS) is 28.6. The Morgan fingerprint density at radius 1 is 1.39 bits per heavy atom. The predicted octanol–water partition coefficient (Wildman–Crippen LogP) is 2.16. The van der Waals surface area contributed by atoms with E-state index in [2.05, 4.69) is 0 Å². The molecule has 6 heteroatoms. The van der Waals surface area contributed by atoms with Gasteiger partial charge in [-0.3, -0.25) is 4.79 Å². The molecule has 106 valence electrons. The van der Waals surface area contributed by atoms with E-state index in [9.17, 15) is 18.0 Å². The van der Waals surface area contributed by atoms with Gasteiger partial charge in [0.05, 0.1) is 0 Å². The molecule has 0 aliphatic carbocycles. The number of nitrogens with zero attached hydrogens (tertiary/aromatic N) is 1. The van der Waals surface area contributed by atoms with Crippen molar-refractivity contribution in [2.75, 3.05) is 13.1 Å². The Hall–Kier alpha value is -0.780. The molecular weight excluding hydrogens is 245 g/mol. The second-order valence-corrected chi connectivity index (χ2v) is 5.99. The molecule has 0 saturated carbocycles. The van der Waals surface area contributed by atoms with Crippen LogP contribution in [0.5, 0.6) is 0 Å². The summed E-state index contributed by atoms with van der Waals surface area (Å²) in [4.78, 5) is 13.1. The molecule has 0 spiro atoms. The third kappa shape index (κ3) is 2.48. The molecule has 0 radical (unpaired) electrons. The van der Waals surface area contributed by atoms with Crippen molar-refractivity contribution >= 4 is 5.91 Å². The lowest BCUT2D eigenvalue weighted by Gasteiger charge is -2.33. The highest BCUT2D eigenvalue weighted by molar-refractivity contribution is 5.87. The number of carbonyl (C=O) groups excluding carboxylic acids is 1. The number of amides is 1. The molecule has 1 aliphatic heterocycles. The van der Waals surface area contributed by atoms with Gasteiger partial charge in [0.15, 0.2) is 5.54 Å². The van der Waals surface area contributed by atoms with Crippen LogP contribution in [-0.4, -0.2) is 35.6 Å². The highest BCUT2D eigenvalue weighted by Gasteiger charge is 2.56. The van der Waals surface area contributed by atoms with E-state index in [-0.39, 0.29) is 5.41 Å². The number of alkyl halides is 3. The first kappa shape index (κ1) is 15.3. The van der Waals surface area contributed by atoms with Crippen molar-refractivity contribution in [1.29, 1.82) is 0 Å². The van der Waals surface area contributed by atoms with Gasteiger partial charge in [0, 0.05) is 13.1 Å². The molecule has 3 nitrogen and oxygen atoms in total. The van der Waals surface area contributed by atoms with Gasteiger partial charge >= 0.3 is 6.18 Å². The monoisotopic (exact) mass is 266 g/mol. The number of hydrogen-bond acceptors (Lipinski definition) is 2. The van der Waals surface area contributed by atoms with Crippen molar-refractivity contribution in [2.45, 2.75) is 45.8 Å². The summed E-state index contributed by atoms with van der Waals surface area (Å²) in [5.41, 5.74) is 2.24. The summed E-state index contributed by atoms with van der Waals surface area (Å²) in [5.74, 6) is -0.718.